The lowest BCUT2D eigenvalue weighted by Gasteiger charge is -2.36. The minimum Gasteiger partial charge on any atom is -0.368 e. The lowest BCUT2D eigenvalue weighted by atomic mass is 9.88. The molecule has 2 saturated heterocycles. The van der Waals surface area contributed by atoms with Gasteiger partial charge in [-0.2, -0.15) is 0 Å². The van der Waals surface area contributed by atoms with Crippen molar-refractivity contribution in [2.75, 3.05) is 44.2 Å². The number of likely N-dealkylation sites (tertiary alicyclic amines) is 1. The van der Waals surface area contributed by atoms with Crippen LogP contribution in [0, 0.1) is 12.8 Å². The predicted molar refractivity (Wildman–Crippen MR) is 114 cm³/mol. The van der Waals surface area contributed by atoms with Crippen molar-refractivity contribution in [3.05, 3.63) is 23.5 Å². The minimum atomic E-state index is 0.157. The Kier molecular flexibility index (Phi) is 6.07. The highest BCUT2D eigenvalue weighted by Crippen LogP contribution is 2.32. The van der Waals surface area contributed by atoms with Gasteiger partial charge in [0.25, 0.3) is 0 Å². The molecule has 2 aliphatic heterocycles. The first-order valence-electron chi connectivity index (χ1n) is 11.3. The van der Waals surface area contributed by atoms with E-state index in [1.165, 1.54) is 24.9 Å². The summed E-state index contributed by atoms with van der Waals surface area (Å²) in [7, 11) is 0. The number of carbonyl (C=O) groups excluding carboxylic acids is 2. The van der Waals surface area contributed by atoms with Crippen LogP contribution in [-0.4, -0.2) is 65.9 Å². The molecule has 6 nitrogen and oxygen atoms in total. The van der Waals surface area contributed by atoms with Crippen LogP contribution in [0.5, 0.6) is 0 Å². The third kappa shape index (κ3) is 4.57. The standard InChI is InChI=1S/C23H34N4O2/c1-17-14-21(26-12-10-25(11-13-26)18(2)28)15-22(24-17)20-8-9-27(16-20)23(29)19-6-4-3-5-7-19/h14-15,19-20H,3-13,16H2,1-2H3/t20-/m1/s1. The molecule has 0 bridgehead atoms. The smallest absolute Gasteiger partial charge is 0.225 e. The molecular weight excluding hydrogens is 364 g/mol. The number of rotatable bonds is 3. The minimum absolute atomic E-state index is 0.157. The number of piperazine rings is 1. The fourth-order valence-corrected chi connectivity index (χ4v) is 5.16. The first-order chi connectivity index (χ1) is 14.0. The van der Waals surface area contributed by atoms with Gasteiger partial charge in [-0.05, 0) is 38.3 Å². The second kappa shape index (κ2) is 8.72. The maximum absolute atomic E-state index is 12.9. The summed E-state index contributed by atoms with van der Waals surface area (Å²) in [5.41, 5.74) is 3.35. The van der Waals surface area contributed by atoms with Crippen LogP contribution in [0.3, 0.4) is 0 Å². The van der Waals surface area contributed by atoms with E-state index in [-0.39, 0.29) is 11.8 Å². The van der Waals surface area contributed by atoms with E-state index in [2.05, 4.69) is 28.9 Å². The molecule has 2 amide bonds. The Morgan fingerprint density at radius 3 is 2.34 bits per heavy atom. The molecule has 0 N–H and O–H groups in total. The number of hydrogen-bond acceptors (Lipinski definition) is 4. The Hall–Kier alpha value is -2.11. The summed E-state index contributed by atoms with van der Waals surface area (Å²) in [6, 6.07) is 4.36. The molecular formula is C23H34N4O2. The first-order valence-corrected chi connectivity index (χ1v) is 11.3. The van der Waals surface area contributed by atoms with Crippen LogP contribution in [0.15, 0.2) is 12.1 Å². The molecule has 4 rings (SSSR count). The molecule has 1 aromatic rings. The van der Waals surface area contributed by atoms with E-state index >= 15 is 0 Å². The number of aromatic nitrogens is 1. The monoisotopic (exact) mass is 398 g/mol. The molecule has 0 spiro atoms. The molecule has 1 aliphatic carbocycles. The summed E-state index contributed by atoms with van der Waals surface area (Å²) in [5.74, 6) is 1.12. The Bertz CT molecular complexity index is 751. The quantitative estimate of drug-likeness (QED) is 0.786. The molecule has 0 unspecified atom stereocenters. The molecule has 3 aliphatic rings. The highest BCUT2D eigenvalue weighted by molar-refractivity contribution is 5.79. The van der Waals surface area contributed by atoms with E-state index < -0.39 is 0 Å². The zero-order valence-corrected chi connectivity index (χ0v) is 17.9. The van der Waals surface area contributed by atoms with Crippen molar-refractivity contribution >= 4 is 17.5 Å². The zero-order valence-electron chi connectivity index (χ0n) is 17.9. The average Bonchev–Trinajstić information content (AvgIpc) is 3.24. The van der Waals surface area contributed by atoms with Crippen molar-refractivity contribution < 1.29 is 9.59 Å². The van der Waals surface area contributed by atoms with Crippen molar-refractivity contribution in [2.24, 2.45) is 5.92 Å². The molecule has 29 heavy (non-hydrogen) atoms. The van der Waals surface area contributed by atoms with Gasteiger partial charge in [0.2, 0.25) is 11.8 Å². The largest absolute Gasteiger partial charge is 0.368 e. The lowest BCUT2D eigenvalue weighted by Crippen LogP contribution is -2.48. The van der Waals surface area contributed by atoms with Crippen LogP contribution in [0.1, 0.15) is 62.8 Å². The van der Waals surface area contributed by atoms with Crippen LogP contribution in [0.2, 0.25) is 0 Å². The second-order valence-electron chi connectivity index (χ2n) is 8.99. The van der Waals surface area contributed by atoms with Gasteiger partial charge in [0.1, 0.15) is 0 Å². The first kappa shape index (κ1) is 20.2. The number of aryl methyl sites for hydroxylation is 1. The van der Waals surface area contributed by atoms with Gasteiger partial charge in [0, 0.05) is 75.1 Å². The Morgan fingerprint density at radius 2 is 1.66 bits per heavy atom. The Labute approximate surface area is 174 Å². The maximum atomic E-state index is 12.9. The van der Waals surface area contributed by atoms with Gasteiger partial charge in [-0.25, -0.2) is 0 Å². The molecule has 158 valence electrons. The summed E-state index contributed by atoms with van der Waals surface area (Å²) in [5, 5.41) is 0. The number of hydrogen-bond donors (Lipinski definition) is 0. The van der Waals surface area contributed by atoms with E-state index in [9.17, 15) is 9.59 Å². The fraction of sp³-hybridized carbons (Fsp3) is 0.696. The molecule has 0 radical (unpaired) electrons. The van der Waals surface area contributed by atoms with Crippen molar-refractivity contribution in [3.63, 3.8) is 0 Å². The molecule has 1 aromatic heterocycles. The van der Waals surface area contributed by atoms with E-state index in [0.717, 1.165) is 69.9 Å². The van der Waals surface area contributed by atoms with Gasteiger partial charge in [-0.1, -0.05) is 19.3 Å². The SMILES string of the molecule is CC(=O)N1CCN(c2cc(C)nc([C@@H]3CCN(C(=O)C4CCCCC4)C3)c2)CC1. The second-order valence-corrected chi connectivity index (χ2v) is 8.99. The van der Waals surface area contributed by atoms with Crippen LogP contribution in [-0.2, 0) is 9.59 Å². The molecule has 1 saturated carbocycles. The van der Waals surface area contributed by atoms with Crippen molar-refractivity contribution in [3.8, 4) is 0 Å². The third-order valence-corrected chi connectivity index (χ3v) is 6.92. The van der Waals surface area contributed by atoms with Gasteiger partial charge in [-0.3, -0.25) is 14.6 Å². The van der Waals surface area contributed by atoms with Gasteiger partial charge in [0.15, 0.2) is 0 Å². The summed E-state index contributed by atoms with van der Waals surface area (Å²) in [6.45, 7) is 8.65. The molecule has 3 heterocycles. The van der Waals surface area contributed by atoms with Crippen molar-refractivity contribution in [1.29, 1.82) is 0 Å². The Balaban J connectivity index is 1.41. The third-order valence-electron chi connectivity index (χ3n) is 6.92. The molecule has 3 fully saturated rings. The van der Waals surface area contributed by atoms with Crippen LogP contribution in [0.25, 0.3) is 0 Å². The van der Waals surface area contributed by atoms with Gasteiger partial charge in [-0.15, -0.1) is 0 Å². The number of pyridine rings is 1. The lowest BCUT2D eigenvalue weighted by molar-refractivity contribution is -0.135. The highest BCUT2D eigenvalue weighted by Gasteiger charge is 2.33. The van der Waals surface area contributed by atoms with Crippen LogP contribution < -0.4 is 4.90 Å². The average molecular weight is 399 g/mol. The van der Waals surface area contributed by atoms with E-state index in [1.807, 2.05) is 4.90 Å². The van der Waals surface area contributed by atoms with Gasteiger partial charge < -0.3 is 14.7 Å². The van der Waals surface area contributed by atoms with Gasteiger partial charge in [0.05, 0.1) is 0 Å². The predicted octanol–water partition coefficient (Wildman–Crippen LogP) is 2.95. The van der Waals surface area contributed by atoms with Crippen LogP contribution >= 0.6 is 0 Å². The van der Waals surface area contributed by atoms with E-state index in [4.69, 9.17) is 4.98 Å². The summed E-state index contributed by atoms with van der Waals surface area (Å²) < 4.78 is 0. The highest BCUT2D eigenvalue weighted by atomic mass is 16.2. The normalized spacial score (nSPS) is 23.5. The summed E-state index contributed by atoms with van der Waals surface area (Å²) >= 11 is 0. The molecule has 6 heteroatoms. The number of amides is 2. The topological polar surface area (TPSA) is 56.8 Å². The van der Waals surface area contributed by atoms with Gasteiger partial charge >= 0.3 is 0 Å². The van der Waals surface area contributed by atoms with Crippen molar-refractivity contribution in [2.45, 2.75) is 58.3 Å². The molecule has 0 aromatic carbocycles. The number of nitrogens with zero attached hydrogens (tertiary/aromatic N) is 4. The zero-order chi connectivity index (χ0) is 20.4. The fourth-order valence-electron chi connectivity index (χ4n) is 5.16. The van der Waals surface area contributed by atoms with Crippen LogP contribution in [0.4, 0.5) is 5.69 Å². The number of carbonyl (C=O) groups is 2. The van der Waals surface area contributed by atoms with Crippen molar-refractivity contribution in [1.82, 2.24) is 14.8 Å². The maximum Gasteiger partial charge on any atom is 0.225 e. The van der Waals surface area contributed by atoms with E-state index in [0.29, 0.717) is 11.8 Å². The number of anilines is 1. The molecule has 1 atom stereocenters. The summed E-state index contributed by atoms with van der Waals surface area (Å²) in [6.07, 6.45) is 6.83. The Morgan fingerprint density at radius 1 is 0.931 bits per heavy atom. The van der Waals surface area contributed by atoms with E-state index in [1.54, 1.807) is 6.92 Å². The summed E-state index contributed by atoms with van der Waals surface area (Å²) in [4.78, 5) is 35.7.